The van der Waals surface area contributed by atoms with Crippen molar-refractivity contribution in [3.05, 3.63) is 29.3 Å². The van der Waals surface area contributed by atoms with Crippen molar-refractivity contribution in [1.29, 1.82) is 0 Å². The van der Waals surface area contributed by atoms with Gasteiger partial charge in [0.25, 0.3) is 0 Å². The van der Waals surface area contributed by atoms with Crippen molar-refractivity contribution in [2.24, 2.45) is 0 Å². The van der Waals surface area contributed by atoms with Crippen LogP contribution in [0.4, 0.5) is 0 Å². The summed E-state index contributed by atoms with van der Waals surface area (Å²) in [6.07, 6.45) is 3.56. The van der Waals surface area contributed by atoms with Crippen LogP contribution in [0.1, 0.15) is 57.1 Å². The number of nitrogens with zero attached hydrogens (tertiary/aromatic N) is 2. The van der Waals surface area contributed by atoms with E-state index in [1.165, 1.54) is 5.56 Å². The van der Waals surface area contributed by atoms with E-state index in [0.717, 1.165) is 31.2 Å². The van der Waals surface area contributed by atoms with E-state index in [9.17, 15) is 8.42 Å². The van der Waals surface area contributed by atoms with Crippen LogP contribution in [0.5, 0.6) is 0 Å². The topological polar surface area (TPSA) is 40.6 Å². The second-order valence-corrected chi connectivity index (χ2v) is 9.28. The highest BCUT2D eigenvalue weighted by Crippen LogP contribution is 2.28. The molecule has 1 aromatic rings. The number of benzene rings is 1. The van der Waals surface area contributed by atoms with Crippen LogP contribution < -0.4 is 0 Å². The Kier molecular flexibility index (Phi) is 6.46. The second kappa shape index (κ2) is 7.98. The van der Waals surface area contributed by atoms with Gasteiger partial charge in [-0.1, -0.05) is 39.3 Å². The van der Waals surface area contributed by atoms with Crippen LogP contribution in [-0.4, -0.2) is 50.8 Å². The number of hydrogen-bond acceptors (Lipinski definition) is 3. The van der Waals surface area contributed by atoms with E-state index < -0.39 is 10.0 Å². The molecule has 0 atom stereocenters. The Bertz CT molecular complexity index is 645. The molecule has 2 rings (SSSR count). The standard InChI is InChI=1S/C19H32N2O2S/c1-6-7-17-14-16(15(2)3)8-9-19(17)24(22,23)21-12-10-18(11-13-21)20(4)5/h8-9,14-15,18H,6-7,10-13H2,1-5H3. The van der Waals surface area contributed by atoms with Crippen molar-refractivity contribution in [3.63, 3.8) is 0 Å². The first kappa shape index (κ1) is 19.4. The fourth-order valence-corrected chi connectivity index (χ4v) is 5.11. The zero-order chi connectivity index (χ0) is 17.9. The van der Waals surface area contributed by atoms with Gasteiger partial charge in [-0.25, -0.2) is 8.42 Å². The van der Waals surface area contributed by atoms with Gasteiger partial charge in [-0.2, -0.15) is 4.31 Å². The maximum absolute atomic E-state index is 13.2. The molecule has 5 heteroatoms. The maximum atomic E-state index is 13.2. The highest BCUT2D eigenvalue weighted by molar-refractivity contribution is 7.89. The normalized spacial score (nSPS) is 17.8. The highest BCUT2D eigenvalue weighted by Gasteiger charge is 2.31. The SMILES string of the molecule is CCCc1cc(C(C)C)ccc1S(=O)(=O)N1CCC(N(C)C)CC1. The number of piperidine rings is 1. The molecule has 0 aliphatic carbocycles. The van der Waals surface area contributed by atoms with Crippen molar-refractivity contribution in [2.75, 3.05) is 27.2 Å². The molecule has 136 valence electrons. The lowest BCUT2D eigenvalue weighted by Gasteiger charge is -2.34. The fourth-order valence-electron chi connectivity index (χ4n) is 3.41. The maximum Gasteiger partial charge on any atom is 0.243 e. The predicted octanol–water partition coefficient (Wildman–Crippen LogP) is 3.48. The summed E-state index contributed by atoms with van der Waals surface area (Å²) >= 11 is 0. The Morgan fingerprint density at radius 1 is 1.21 bits per heavy atom. The Labute approximate surface area is 147 Å². The molecule has 0 aromatic heterocycles. The van der Waals surface area contributed by atoms with E-state index in [1.807, 2.05) is 12.1 Å². The zero-order valence-corrected chi connectivity index (χ0v) is 16.6. The number of aryl methyl sites for hydroxylation is 1. The summed E-state index contributed by atoms with van der Waals surface area (Å²) in [7, 11) is 0.745. The smallest absolute Gasteiger partial charge is 0.243 e. The first-order valence-corrected chi connectivity index (χ1v) is 10.5. The third-order valence-corrected chi connectivity index (χ3v) is 7.04. The molecule has 1 heterocycles. The number of sulfonamides is 1. The van der Waals surface area contributed by atoms with Crippen LogP contribution in [-0.2, 0) is 16.4 Å². The minimum absolute atomic E-state index is 0.410. The summed E-state index contributed by atoms with van der Waals surface area (Å²) in [4.78, 5) is 2.71. The predicted molar refractivity (Wildman–Crippen MR) is 100.0 cm³/mol. The summed E-state index contributed by atoms with van der Waals surface area (Å²) in [6.45, 7) is 7.61. The molecule has 0 spiro atoms. The molecule has 1 saturated heterocycles. The van der Waals surface area contributed by atoms with Gasteiger partial charge < -0.3 is 4.90 Å². The molecule has 0 N–H and O–H groups in total. The summed E-state index contributed by atoms with van der Waals surface area (Å²) in [5, 5.41) is 0. The molecule has 24 heavy (non-hydrogen) atoms. The summed E-state index contributed by atoms with van der Waals surface area (Å²) in [5.74, 6) is 0.410. The highest BCUT2D eigenvalue weighted by atomic mass is 32.2. The van der Waals surface area contributed by atoms with Crippen LogP contribution in [0.25, 0.3) is 0 Å². The van der Waals surface area contributed by atoms with Gasteiger partial charge >= 0.3 is 0 Å². The van der Waals surface area contributed by atoms with E-state index in [0.29, 0.717) is 29.9 Å². The third kappa shape index (κ3) is 4.19. The number of hydrogen-bond donors (Lipinski definition) is 0. The van der Waals surface area contributed by atoms with Gasteiger partial charge in [0, 0.05) is 19.1 Å². The molecule has 0 amide bonds. The van der Waals surface area contributed by atoms with E-state index in [-0.39, 0.29) is 0 Å². The Balaban J connectivity index is 2.29. The Hall–Kier alpha value is -0.910. The summed E-state index contributed by atoms with van der Waals surface area (Å²) in [5.41, 5.74) is 2.18. The third-order valence-electron chi connectivity index (χ3n) is 5.04. The molecule has 1 aromatic carbocycles. The van der Waals surface area contributed by atoms with Gasteiger partial charge in [-0.15, -0.1) is 0 Å². The molecule has 0 saturated carbocycles. The molecule has 1 aliphatic heterocycles. The van der Waals surface area contributed by atoms with Gasteiger partial charge in [0.05, 0.1) is 4.90 Å². The number of rotatable bonds is 6. The van der Waals surface area contributed by atoms with Crippen molar-refractivity contribution in [3.8, 4) is 0 Å². The zero-order valence-electron chi connectivity index (χ0n) is 15.7. The quantitative estimate of drug-likeness (QED) is 0.787. The van der Waals surface area contributed by atoms with E-state index in [4.69, 9.17) is 0 Å². The monoisotopic (exact) mass is 352 g/mol. The molecular formula is C19H32N2O2S. The van der Waals surface area contributed by atoms with E-state index in [1.54, 1.807) is 4.31 Å². The van der Waals surface area contributed by atoms with Crippen LogP contribution in [0.3, 0.4) is 0 Å². The molecule has 0 bridgehead atoms. The van der Waals surface area contributed by atoms with Gasteiger partial charge in [-0.3, -0.25) is 0 Å². The largest absolute Gasteiger partial charge is 0.306 e. The van der Waals surface area contributed by atoms with Crippen LogP contribution in [0, 0.1) is 0 Å². The summed E-state index contributed by atoms with van der Waals surface area (Å²) < 4.78 is 28.0. The van der Waals surface area contributed by atoms with Crippen molar-refractivity contribution in [1.82, 2.24) is 9.21 Å². The molecule has 0 radical (unpaired) electrons. The van der Waals surface area contributed by atoms with Gasteiger partial charge in [0.2, 0.25) is 10.0 Å². The molecule has 1 fully saturated rings. The second-order valence-electron chi connectivity index (χ2n) is 7.37. The minimum atomic E-state index is -3.39. The minimum Gasteiger partial charge on any atom is -0.306 e. The lowest BCUT2D eigenvalue weighted by Crippen LogP contribution is -2.44. The molecule has 1 aliphatic rings. The average molecular weight is 353 g/mol. The van der Waals surface area contributed by atoms with Crippen LogP contribution in [0.2, 0.25) is 0 Å². The summed E-state index contributed by atoms with van der Waals surface area (Å²) in [6, 6.07) is 6.37. The van der Waals surface area contributed by atoms with Crippen LogP contribution in [0.15, 0.2) is 23.1 Å². The first-order valence-electron chi connectivity index (χ1n) is 9.06. The van der Waals surface area contributed by atoms with Crippen molar-refractivity contribution in [2.45, 2.75) is 63.3 Å². The molecular weight excluding hydrogens is 320 g/mol. The first-order chi connectivity index (χ1) is 11.3. The van der Waals surface area contributed by atoms with Crippen LogP contribution >= 0.6 is 0 Å². The van der Waals surface area contributed by atoms with Crippen molar-refractivity contribution >= 4 is 10.0 Å². The molecule has 0 unspecified atom stereocenters. The van der Waals surface area contributed by atoms with Crippen molar-refractivity contribution < 1.29 is 8.42 Å². The lowest BCUT2D eigenvalue weighted by molar-refractivity contribution is 0.196. The Morgan fingerprint density at radius 2 is 1.83 bits per heavy atom. The molecule has 4 nitrogen and oxygen atoms in total. The van der Waals surface area contributed by atoms with E-state index in [2.05, 4.69) is 45.8 Å². The van der Waals surface area contributed by atoms with Gasteiger partial charge in [0.15, 0.2) is 0 Å². The lowest BCUT2D eigenvalue weighted by atomic mass is 9.99. The Morgan fingerprint density at radius 3 is 2.33 bits per heavy atom. The average Bonchev–Trinajstić information content (AvgIpc) is 2.55. The van der Waals surface area contributed by atoms with Gasteiger partial charge in [0.1, 0.15) is 0 Å². The fraction of sp³-hybridized carbons (Fsp3) is 0.684. The van der Waals surface area contributed by atoms with E-state index >= 15 is 0 Å². The van der Waals surface area contributed by atoms with Gasteiger partial charge in [-0.05, 0) is 56.5 Å².